The first-order chi connectivity index (χ1) is 20.4. The second kappa shape index (κ2) is 13.4. The maximum atomic E-state index is 13.5. The fourth-order valence-corrected chi connectivity index (χ4v) is 6.66. The molecule has 8 nitrogen and oxygen atoms in total. The van der Waals surface area contributed by atoms with E-state index in [0.29, 0.717) is 33.7 Å². The van der Waals surface area contributed by atoms with Gasteiger partial charge in [-0.2, -0.15) is 5.26 Å². The van der Waals surface area contributed by atoms with Crippen molar-refractivity contribution in [3.05, 3.63) is 70.4 Å². The number of hydrogen-bond donors (Lipinski definition) is 0. The minimum Gasteiger partial charge on any atom is -0.342 e. The Morgan fingerprint density at radius 2 is 1.88 bits per heavy atom. The van der Waals surface area contributed by atoms with Crippen LogP contribution in [0.1, 0.15) is 55.4 Å². The van der Waals surface area contributed by atoms with Gasteiger partial charge in [-0.25, -0.2) is 9.37 Å². The third-order valence-corrected chi connectivity index (χ3v) is 9.19. The van der Waals surface area contributed by atoms with Gasteiger partial charge in [0.15, 0.2) is 5.13 Å². The fourth-order valence-electron chi connectivity index (χ4n) is 5.81. The molecule has 2 saturated heterocycles. The standard InChI is InChI=1S/C32H38FN7OS/c1-4-7-29(37(3)32-36-31(27(20-34)42-32)24-8-11-26(33)12-9-24)40-21-25(10-13-28(40)35-2)23-14-18-38(19-15-23)22-30(41)39-16-5-6-17-39/h7-13,21,23H,4-6,14-19,22H2,1-3H3/b29-7+,35-28?. The second-order valence-electron chi connectivity index (χ2n) is 10.9. The van der Waals surface area contributed by atoms with Crippen LogP contribution in [0.5, 0.6) is 0 Å². The maximum Gasteiger partial charge on any atom is 0.236 e. The lowest BCUT2D eigenvalue weighted by Gasteiger charge is -2.33. The molecule has 3 aromatic rings. The summed E-state index contributed by atoms with van der Waals surface area (Å²) in [5.41, 5.74) is 3.31. The van der Waals surface area contributed by atoms with Crippen LogP contribution in [0, 0.1) is 17.1 Å². The first-order valence-corrected chi connectivity index (χ1v) is 15.5. The number of halogens is 1. The summed E-state index contributed by atoms with van der Waals surface area (Å²) < 4.78 is 15.6. The number of amides is 1. The number of anilines is 1. The summed E-state index contributed by atoms with van der Waals surface area (Å²) in [6, 6.07) is 12.6. The molecule has 1 aromatic carbocycles. The molecule has 2 aromatic heterocycles. The maximum absolute atomic E-state index is 13.5. The van der Waals surface area contributed by atoms with Gasteiger partial charge in [0.1, 0.15) is 33.8 Å². The van der Waals surface area contributed by atoms with Gasteiger partial charge >= 0.3 is 0 Å². The minimum atomic E-state index is -0.327. The molecule has 2 aliphatic rings. The van der Waals surface area contributed by atoms with E-state index in [1.165, 1.54) is 29.0 Å². The number of nitrogens with zero attached hydrogens (tertiary/aromatic N) is 7. The molecule has 0 atom stereocenters. The number of rotatable bonds is 8. The average molecular weight is 588 g/mol. The Morgan fingerprint density at radius 3 is 2.52 bits per heavy atom. The van der Waals surface area contributed by atoms with Gasteiger partial charge in [0.25, 0.3) is 0 Å². The third kappa shape index (κ3) is 6.48. The summed E-state index contributed by atoms with van der Waals surface area (Å²) in [6.45, 7) is 6.23. The lowest BCUT2D eigenvalue weighted by molar-refractivity contribution is -0.131. The van der Waals surface area contributed by atoms with E-state index < -0.39 is 0 Å². The average Bonchev–Trinajstić information content (AvgIpc) is 3.71. The molecular weight excluding hydrogens is 549 g/mol. The van der Waals surface area contributed by atoms with E-state index in [2.05, 4.69) is 51.9 Å². The smallest absolute Gasteiger partial charge is 0.236 e. The molecule has 4 heterocycles. The Balaban J connectivity index is 1.37. The van der Waals surface area contributed by atoms with E-state index >= 15 is 0 Å². The number of carbonyl (C=O) groups excluding carboxylic acids is 1. The Hall–Kier alpha value is -3.81. The van der Waals surface area contributed by atoms with Crippen molar-refractivity contribution >= 4 is 28.2 Å². The molecule has 0 aliphatic carbocycles. The zero-order valence-corrected chi connectivity index (χ0v) is 25.4. The second-order valence-corrected chi connectivity index (χ2v) is 11.9. The number of allylic oxidation sites excluding steroid dienone is 1. The molecule has 0 bridgehead atoms. The number of piperidine rings is 1. The van der Waals surface area contributed by atoms with Gasteiger partial charge in [-0.05, 0) is 93.1 Å². The number of likely N-dealkylation sites (tertiary alicyclic amines) is 2. The Bertz CT molecular complexity index is 1540. The van der Waals surface area contributed by atoms with Gasteiger partial charge in [0, 0.05) is 38.9 Å². The quantitative estimate of drug-likeness (QED) is 0.357. The zero-order chi connectivity index (χ0) is 29.6. The van der Waals surface area contributed by atoms with Crippen LogP contribution in [0.3, 0.4) is 0 Å². The van der Waals surface area contributed by atoms with E-state index in [-0.39, 0.29) is 11.7 Å². The highest BCUT2D eigenvalue weighted by Gasteiger charge is 2.26. The highest BCUT2D eigenvalue weighted by molar-refractivity contribution is 7.16. The van der Waals surface area contributed by atoms with Crippen molar-refractivity contribution in [3.63, 3.8) is 0 Å². The molecule has 220 valence electrons. The zero-order valence-electron chi connectivity index (χ0n) is 24.6. The van der Waals surface area contributed by atoms with Gasteiger partial charge in [0.05, 0.1) is 6.54 Å². The monoisotopic (exact) mass is 587 g/mol. The largest absolute Gasteiger partial charge is 0.342 e. The van der Waals surface area contributed by atoms with Crippen LogP contribution in [0.4, 0.5) is 9.52 Å². The normalized spacial score (nSPS) is 17.1. The van der Waals surface area contributed by atoms with Crippen molar-refractivity contribution in [2.45, 2.75) is 44.9 Å². The number of carbonyl (C=O) groups is 1. The molecule has 2 fully saturated rings. The number of benzene rings is 1. The minimum absolute atomic E-state index is 0.263. The summed E-state index contributed by atoms with van der Waals surface area (Å²) in [4.78, 5) is 28.8. The van der Waals surface area contributed by atoms with Crippen LogP contribution in [0.25, 0.3) is 17.1 Å². The number of aromatic nitrogens is 2. The van der Waals surface area contributed by atoms with Crippen LogP contribution in [0.2, 0.25) is 0 Å². The number of pyridine rings is 1. The van der Waals surface area contributed by atoms with Crippen LogP contribution in [-0.2, 0) is 4.79 Å². The number of thiazole rings is 1. The van der Waals surface area contributed by atoms with Crippen molar-refractivity contribution in [2.24, 2.45) is 4.99 Å². The first-order valence-electron chi connectivity index (χ1n) is 14.7. The molecule has 0 spiro atoms. The molecule has 10 heteroatoms. The highest BCUT2D eigenvalue weighted by Crippen LogP contribution is 2.35. The molecule has 5 rings (SSSR count). The highest BCUT2D eigenvalue weighted by atomic mass is 32.1. The molecule has 0 saturated carbocycles. The molecular formula is C32H38FN7OS. The van der Waals surface area contributed by atoms with Gasteiger partial charge in [0.2, 0.25) is 5.91 Å². The van der Waals surface area contributed by atoms with E-state index in [1.54, 1.807) is 19.2 Å². The Kier molecular flexibility index (Phi) is 9.50. The third-order valence-electron chi connectivity index (χ3n) is 8.15. The summed E-state index contributed by atoms with van der Waals surface area (Å²) in [5.74, 6) is 1.23. The predicted octanol–water partition coefficient (Wildman–Crippen LogP) is 5.30. The lowest BCUT2D eigenvalue weighted by atomic mass is 9.90. The predicted molar refractivity (Wildman–Crippen MR) is 165 cm³/mol. The van der Waals surface area contributed by atoms with E-state index in [4.69, 9.17) is 4.98 Å². The van der Waals surface area contributed by atoms with Crippen LogP contribution in [-0.4, -0.2) is 72.1 Å². The summed E-state index contributed by atoms with van der Waals surface area (Å²) in [7, 11) is 3.74. The van der Waals surface area contributed by atoms with E-state index in [1.807, 2.05) is 16.8 Å². The van der Waals surface area contributed by atoms with Crippen molar-refractivity contribution in [1.29, 1.82) is 5.26 Å². The molecule has 2 aliphatic heterocycles. The lowest BCUT2D eigenvalue weighted by Crippen LogP contribution is -2.42. The summed E-state index contributed by atoms with van der Waals surface area (Å²) in [6.07, 6.45) is 9.34. The summed E-state index contributed by atoms with van der Waals surface area (Å²) >= 11 is 1.31. The van der Waals surface area contributed by atoms with Gasteiger partial charge in [-0.1, -0.05) is 24.3 Å². The molecule has 1 amide bonds. The first kappa shape index (κ1) is 29.7. The Morgan fingerprint density at radius 1 is 1.17 bits per heavy atom. The summed E-state index contributed by atoms with van der Waals surface area (Å²) in [5, 5.41) is 10.5. The topological polar surface area (TPSA) is 80.8 Å². The van der Waals surface area contributed by atoms with Crippen molar-refractivity contribution < 1.29 is 9.18 Å². The van der Waals surface area contributed by atoms with Crippen molar-refractivity contribution in [2.75, 3.05) is 51.7 Å². The van der Waals surface area contributed by atoms with Crippen LogP contribution >= 0.6 is 11.3 Å². The van der Waals surface area contributed by atoms with Crippen LogP contribution < -0.4 is 10.4 Å². The molecule has 0 unspecified atom stereocenters. The number of hydrogen-bond acceptors (Lipinski definition) is 7. The van der Waals surface area contributed by atoms with Crippen LogP contribution in [0.15, 0.2) is 53.7 Å². The van der Waals surface area contributed by atoms with E-state index in [0.717, 1.165) is 69.6 Å². The number of nitriles is 1. The molecule has 0 N–H and O–H groups in total. The van der Waals surface area contributed by atoms with Gasteiger partial charge in [-0.3, -0.25) is 19.3 Å². The van der Waals surface area contributed by atoms with Crippen molar-refractivity contribution in [3.8, 4) is 17.3 Å². The van der Waals surface area contributed by atoms with Gasteiger partial charge in [-0.15, -0.1) is 0 Å². The SMILES string of the molecule is CC/C=C(\N(C)c1nc(-c2ccc(F)cc2)c(C#N)s1)n1cc(C2CCN(CC(=O)N3CCCC3)CC2)ccc1=NC. The van der Waals surface area contributed by atoms with Gasteiger partial charge < -0.3 is 9.80 Å². The molecule has 0 radical (unpaired) electrons. The Labute approximate surface area is 251 Å². The molecule has 42 heavy (non-hydrogen) atoms. The van der Waals surface area contributed by atoms with E-state index in [9.17, 15) is 14.4 Å². The van der Waals surface area contributed by atoms with Crippen molar-refractivity contribution in [1.82, 2.24) is 19.4 Å². The fraction of sp³-hybridized carbons (Fsp3) is 0.438.